The molecule has 0 aliphatic carbocycles. The van der Waals surface area contributed by atoms with Gasteiger partial charge in [0.25, 0.3) is 0 Å². The number of amides is 1. The van der Waals surface area contributed by atoms with Crippen LogP contribution < -0.4 is 15.4 Å². The molecule has 0 saturated carbocycles. The number of rotatable bonds is 6. The molecule has 3 aromatic rings. The average molecular weight is 458 g/mol. The molecule has 2 heterocycles. The summed E-state index contributed by atoms with van der Waals surface area (Å²) in [6, 6.07) is 12.2. The van der Waals surface area contributed by atoms with Crippen LogP contribution in [0.1, 0.15) is 11.1 Å². The Morgan fingerprint density at radius 2 is 1.97 bits per heavy atom. The van der Waals surface area contributed by atoms with Gasteiger partial charge in [-0.25, -0.2) is 8.42 Å². The van der Waals surface area contributed by atoms with Crippen LogP contribution in [-0.4, -0.2) is 32.5 Å². The third kappa shape index (κ3) is 4.50. The molecular formula is C22H20ClN3O4S. The quantitative estimate of drug-likeness (QED) is 0.589. The fourth-order valence-corrected chi connectivity index (χ4v) is 5.00. The Morgan fingerprint density at radius 1 is 1.19 bits per heavy atom. The molecule has 0 saturated heterocycles. The molecule has 1 aliphatic rings. The van der Waals surface area contributed by atoms with E-state index in [9.17, 15) is 13.2 Å². The molecule has 2 aromatic carbocycles. The van der Waals surface area contributed by atoms with Crippen LogP contribution in [0.25, 0.3) is 0 Å². The number of benzene rings is 2. The van der Waals surface area contributed by atoms with Crippen LogP contribution in [0.5, 0.6) is 5.75 Å². The highest BCUT2D eigenvalue weighted by Crippen LogP contribution is 2.28. The number of hydrogen-bond acceptors (Lipinski definition) is 6. The second-order valence-electron chi connectivity index (χ2n) is 7.13. The zero-order valence-electron chi connectivity index (χ0n) is 16.6. The molecule has 0 bridgehead atoms. The minimum Gasteiger partial charge on any atom is -0.497 e. The van der Waals surface area contributed by atoms with Crippen molar-refractivity contribution in [3.63, 3.8) is 0 Å². The summed E-state index contributed by atoms with van der Waals surface area (Å²) >= 11 is 6.01. The first-order chi connectivity index (χ1) is 14.9. The van der Waals surface area contributed by atoms with E-state index < -0.39 is 9.84 Å². The standard InChI is InChI=1S/C22H20ClN3O4S/c1-30-17-9-16(23)10-19(11-17)31(28,29)18-4-2-14(3-5-18)12-25-22(27)21-8-15-13-24-7-6-20(15)26-21/h2-7,9-11,13,21,26H,8,12H2,1H3,(H,25,27). The Kier molecular flexibility index (Phi) is 5.84. The highest BCUT2D eigenvalue weighted by molar-refractivity contribution is 7.91. The van der Waals surface area contributed by atoms with Gasteiger partial charge in [-0.05, 0) is 47.5 Å². The molecule has 1 atom stereocenters. The molecule has 31 heavy (non-hydrogen) atoms. The van der Waals surface area contributed by atoms with Crippen molar-refractivity contribution in [2.45, 2.75) is 28.8 Å². The van der Waals surface area contributed by atoms with Crippen molar-refractivity contribution in [2.75, 3.05) is 12.4 Å². The number of pyridine rings is 1. The van der Waals surface area contributed by atoms with Crippen LogP contribution in [0, 0.1) is 0 Å². The SMILES string of the molecule is COc1cc(Cl)cc(S(=O)(=O)c2ccc(CNC(=O)C3Cc4cnccc4N3)cc2)c1. The number of nitrogens with zero attached hydrogens (tertiary/aromatic N) is 1. The predicted octanol–water partition coefficient (Wildman–Crippen LogP) is 3.23. The van der Waals surface area contributed by atoms with E-state index in [1.807, 2.05) is 6.07 Å². The van der Waals surface area contributed by atoms with Crippen LogP contribution in [0.2, 0.25) is 5.02 Å². The summed E-state index contributed by atoms with van der Waals surface area (Å²) in [5, 5.41) is 6.34. The number of halogens is 1. The lowest BCUT2D eigenvalue weighted by molar-refractivity contribution is -0.121. The van der Waals surface area contributed by atoms with Crippen LogP contribution >= 0.6 is 11.6 Å². The molecule has 1 aromatic heterocycles. The number of sulfone groups is 1. The zero-order chi connectivity index (χ0) is 22.0. The Balaban J connectivity index is 1.42. The second-order valence-corrected chi connectivity index (χ2v) is 9.51. The van der Waals surface area contributed by atoms with Crippen molar-refractivity contribution in [3.8, 4) is 5.75 Å². The number of nitrogens with one attached hydrogen (secondary N) is 2. The predicted molar refractivity (Wildman–Crippen MR) is 117 cm³/mol. The van der Waals surface area contributed by atoms with E-state index >= 15 is 0 Å². The lowest BCUT2D eigenvalue weighted by atomic mass is 10.1. The number of carbonyl (C=O) groups excluding carboxylic acids is 1. The number of anilines is 1. The van der Waals surface area contributed by atoms with Crippen molar-refractivity contribution in [2.24, 2.45) is 0 Å². The van der Waals surface area contributed by atoms with E-state index in [0.29, 0.717) is 12.2 Å². The molecule has 0 spiro atoms. The molecule has 4 rings (SSSR count). The number of hydrogen-bond donors (Lipinski definition) is 2. The van der Waals surface area contributed by atoms with Crippen LogP contribution in [0.15, 0.2) is 70.7 Å². The number of aromatic nitrogens is 1. The highest BCUT2D eigenvalue weighted by Gasteiger charge is 2.26. The van der Waals surface area contributed by atoms with Gasteiger partial charge < -0.3 is 15.4 Å². The fraction of sp³-hybridized carbons (Fsp3) is 0.182. The number of methoxy groups -OCH3 is 1. The number of ether oxygens (including phenoxy) is 1. The Bertz CT molecular complexity index is 1200. The molecule has 0 fully saturated rings. The van der Waals surface area contributed by atoms with Crippen molar-refractivity contribution in [3.05, 3.63) is 77.1 Å². The van der Waals surface area contributed by atoms with Crippen molar-refractivity contribution < 1.29 is 17.9 Å². The molecule has 1 unspecified atom stereocenters. The summed E-state index contributed by atoms with van der Waals surface area (Å²) in [7, 11) is -2.31. The molecule has 2 N–H and O–H groups in total. The summed E-state index contributed by atoms with van der Waals surface area (Å²) in [6.07, 6.45) is 4.01. The summed E-state index contributed by atoms with van der Waals surface area (Å²) < 4.78 is 30.9. The van der Waals surface area contributed by atoms with Gasteiger partial charge in [-0.2, -0.15) is 0 Å². The minimum atomic E-state index is -3.75. The lowest BCUT2D eigenvalue weighted by Gasteiger charge is -2.12. The van der Waals surface area contributed by atoms with Gasteiger partial charge in [0.05, 0.1) is 16.9 Å². The molecule has 1 aliphatic heterocycles. The first-order valence-corrected chi connectivity index (χ1v) is 11.4. The third-order valence-corrected chi connectivity index (χ3v) is 7.03. The van der Waals surface area contributed by atoms with Crippen LogP contribution in [-0.2, 0) is 27.6 Å². The lowest BCUT2D eigenvalue weighted by Crippen LogP contribution is -2.38. The van der Waals surface area contributed by atoms with Gasteiger partial charge in [0.2, 0.25) is 15.7 Å². The van der Waals surface area contributed by atoms with Crippen LogP contribution in [0.3, 0.4) is 0 Å². The topological polar surface area (TPSA) is 97.4 Å². The first-order valence-electron chi connectivity index (χ1n) is 9.52. The molecule has 160 valence electrons. The Hall–Kier alpha value is -3.10. The van der Waals surface area contributed by atoms with Crippen molar-refractivity contribution >= 4 is 33.0 Å². The number of fused-ring (bicyclic) bond motifs is 1. The summed E-state index contributed by atoms with van der Waals surface area (Å²) in [6.45, 7) is 0.289. The van der Waals surface area contributed by atoms with Gasteiger partial charge in [0.1, 0.15) is 11.8 Å². The van der Waals surface area contributed by atoms with Gasteiger partial charge in [0.15, 0.2) is 0 Å². The van der Waals surface area contributed by atoms with Gasteiger partial charge in [-0.15, -0.1) is 0 Å². The largest absolute Gasteiger partial charge is 0.497 e. The fourth-order valence-electron chi connectivity index (χ4n) is 3.39. The van der Waals surface area contributed by atoms with E-state index in [4.69, 9.17) is 16.3 Å². The van der Waals surface area contributed by atoms with Gasteiger partial charge in [-0.3, -0.25) is 9.78 Å². The normalized spacial score (nSPS) is 15.1. The monoisotopic (exact) mass is 457 g/mol. The molecule has 7 nitrogen and oxygen atoms in total. The molecule has 9 heteroatoms. The van der Waals surface area contributed by atoms with E-state index in [1.165, 1.54) is 31.4 Å². The van der Waals surface area contributed by atoms with Gasteiger partial charge >= 0.3 is 0 Å². The van der Waals surface area contributed by atoms with Crippen molar-refractivity contribution in [1.82, 2.24) is 10.3 Å². The molecular weight excluding hydrogens is 438 g/mol. The van der Waals surface area contributed by atoms with Gasteiger partial charge in [-0.1, -0.05) is 23.7 Å². The summed E-state index contributed by atoms with van der Waals surface area (Å²) in [4.78, 5) is 16.7. The summed E-state index contributed by atoms with van der Waals surface area (Å²) in [5.74, 6) is 0.239. The molecule has 0 radical (unpaired) electrons. The first kappa shape index (κ1) is 21.1. The molecule has 1 amide bonds. The van der Waals surface area contributed by atoms with E-state index in [0.717, 1.165) is 16.8 Å². The maximum atomic E-state index is 12.9. The minimum absolute atomic E-state index is 0.0549. The van der Waals surface area contributed by atoms with Gasteiger partial charge in [0, 0.05) is 36.1 Å². The van der Waals surface area contributed by atoms with E-state index in [1.54, 1.807) is 30.6 Å². The van der Waals surface area contributed by atoms with Crippen LogP contribution in [0.4, 0.5) is 5.69 Å². The zero-order valence-corrected chi connectivity index (χ0v) is 18.2. The second kappa shape index (κ2) is 8.56. The maximum Gasteiger partial charge on any atom is 0.243 e. The maximum absolute atomic E-state index is 12.9. The smallest absolute Gasteiger partial charge is 0.243 e. The third-order valence-electron chi connectivity index (χ3n) is 5.07. The average Bonchev–Trinajstić information content (AvgIpc) is 3.21. The van der Waals surface area contributed by atoms with Crippen molar-refractivity contribution in [1.29, 1.82) is 0 Å². The highest BCUT2D eigenvalue weighted by atomic mass is 35.5. The van der Waals surface area contributed by atoms with E-state index in [2.05, 4.69) is 15.6 Å². The number of carbonyl (C=O) groups is 1. The van der Waals surface area contributed by atoms with E-state index in [-0.39, 0.29) is 33.3 Å². The Morgan fingerprint density at radius 3 is 2.68 bits per heavy atom. The summed E-state index contributed by atoms with van der Waals surface area (Å²) in [5.41, 5.74) is 2.71. The Labute approximate surface area is 185 Å².